The number of nitrogens with zero attached hydrogens (tertiary/aromatic N) is 3. The highest BCUT2D eigenvalue weighted by molar-refractivity contribution is 5.47. The van der Waals surface area contributed by atoms with Gasteiger partial charge in [-0.3, -0.25) is 0 Å². The fourth-order valence-electron chi connectivity index (χ4n) is 1.68. The predicted molar refractivity (Wildman–Crippen MR) is 67.7 cm³/mol. The number of aryl methyl sites for hydroxylation is 1. The van der Waals surface area contributed by atoms with Crippen molar-refractivity contribution in [2.45, 2.75) is 20.0 Å². The number of nitriles is 1. The maximum atomic E-state index is 12.9. The zero-order chi connectivity index (χ0) is 15.6. The lowest BCUT2D eigenvalue weighted by Crippen LogP contribution is -2.08. The summed E-state index contributed by atoms with van der Waals surface area (Å²) in [6, 6.07) is 6.61. The average molecular weight is 293 g/mol. The van der Waals surface area contributed by atoms with E-state index >= 15 is 0 Å². The van der Waals surface area contributed by atoms with Gasteiger partial charge in [0.2, 0.25) is 0 Å². The maximum absolute atomic E-state index is 12.9. The number of aromatic nitrogens is 2. The molecule has 1 aromatic heterocycles. The Kier molecular flexibility index (Phi) is 3.80. The Bertz CT molecular complexity index is 720. The molecule has 0 aliphatic rings. The zero-order valence-electron chi connectivity index (χ0n) is 11.2. The number of benzene rings is 1. The summed E-state index contributed by atoms with van der Waals surface area (Å²) in [6.07, 6.45) is -4.56. The number of rotatable bonds is 2. The molecule has 0 spiro atoms. The van der Waals surface area contributed by atoms with Crippen LogP contribution in [0.1, 0.15) is 22.4 Å². The van der Waals surface area contributed by atoms with Crippen LogP contribution in [0.5, 0.6) is 11.6 Å². The Hall–Kier alpha value is -2.62. The van der Waals surface area contributed by atoms with Crippen LogP contribution < -0.4 is 4.74 Å². The predicted octanol–water partition coefficient (Wildman–Crippen LogP) is 3.78. The lowest BCUT2D eigenvalue weighted by atomic mass is 10.1. The van der Waals surface area contributed by atoms with E-state index in [1.165, 1.54) is 18.2 Å². The van der Waals surface area contributed by atoms with E-state index in [0.29, 0.717) is 11.3 Å². The molecule has 0 atom stereocenters. The minimum absolute atomic E-state index is 0.0690. The van der Waals surface area contributed by atoms with Crippen molar-refractivity contribution >= 4 is 0 Å². The van der Waals surface area contributed by atoms with Crippen LogP contribution in [-0.4, -0.2) is 10.2 Å². The lowest BCUT2D eigenvalue weighted by Gasteiger charge is -2.14. The molecule has 0 amide bonds. The molecule has 4 nitrogen and oxygen atoms in total. The first kappa shape index (κ1) is 14.8. The second-order valence-electron chi connectivity index (χ2n) is 4.30. The van der Waals surface area contributed by atoms with Gasteiger partial charge in [0.05, 0.1) is 11.3 Å². The first-order valence-electron chi connectivity index (χ1n) is 5.92. The topological polar surface area (TPSA) is 58.8 Å². The molecule has 0 saturated carbocycles. The summed E-state index contributed by atoms with van der Waals surface area (Å²) < 4.78 is 43.9. The van der Waals surface area contributed by atoms with Crippen molar-refractivity contribution in [3.05, 3.63) is 46.6 Å². The van der Waals surface area contributed by atoms with Crippen LogP contribution in [0.2, 0.25) is 0 Å². The summed E-state index contributed by atoms with van der Waals surface area (Å²) in [5.74, 6) is -0.656. The summed E-state index contributed by atoms with van der Waals surface area (Å²) in [6.45, 7) is 3.28. The van der Waals surface area contributed by atoms with Crippen molar-refractivity contribution in [3.63, 3.8) is 0 Å². The van der Waals surface area contributed by atoms with Crippen molar-refractivity contribution in [3.8, 4) is 17.7 Å². The molecule has 0 bridgehead atoms. The van der Waals surface area contributed by atoms with Gasteiger partial charge in [-0.25, -0.2) is 0 Å². The molecule has 21 heavy (non-hydrogen) atoms. The van der Waals surface area contributed by atoms with Crippen LogP contribution in [0.15, 0.2) is 24.3 Å². The molecule has 2 rings (SSSR count). The number of halogens is 3. The van der Waals surface area contributed by atoms with Gasteiger partial charge in [0.1, 0.15) is 17.4 Å². The molecule has 108 valence electrons. The molecule has 7 heteroatoms. The van der Waals surface area contributed by atoms with Crippen molar-refractivity contribution in [2.75, 3.05) is 0 Å². The van der Waals surface area contributed by atoms with E-state index in [0.717, 1.165) is 6.07 Å². The second kappa shape index (κ2) is 5.40. The van der Waals surface area contributed by atoms with Crippen LogP contribution in [0.25, 0.3) is 0 Å². The van der Waals surface area contributed by atoms with Gasteiger partial charge in [-0.05, 0) is 31.5 Å². The number of hydrogen-bond donors (Lipinski definition) is 0. The fraction of sp³-hybridized carbons (Fsp3) is 0.214. The lowest BCUT2D eigenvalue weighted by molar-refractivity contribution is -0.138. The van der Waals surface area contributed by atoms with Gasteiger partial charge in [0.25, 0.3) is 5.88 Å². The SMILES string of the molecule is Cc1nnc(Oc2ccccc2C(F)(F)F)c(C#N)c1C. The standard InChI is InChI=1S/C14H10F3N3O/c1-8-9(2)19-20-13(10(8)7-18)21-12-6-4-3-5-11(12)14(15,16)17/h3-6H,1-2H3. The molecular weight excluding hydrogens is 283 g/mol. The molecule has 0 saturated heterocycles. The average Bonchev–Trinajstić information content (AvgIpc) is 2.43. The Morgan fingerprint density at radius 1 is 1.14 bits per heavy atom. The van der Waals surface area contributed by atoms with E-state index in [1.807, 2.05) is 6.07 Å². The monoisotopic (exact) mass is 293 g/mol. The Balaban J connectivity index is 2.50. The number of ether oxygens (including phenoxy) is 1. The molecule has 0 aliphatic carbocycles. The molecule has 0 fully saturated rings. The highest BCUT2D eigenvalue weighted by Gasteiger charge is 2.34. The molecule has 0 N–H and O–H groups in total. The van der Waals surface area contributed by atoms with Crippen molar-refractivity contribution in [1.29, 1.82) is 5.26 Å². The van der Waals surface area contributed by atoms with E-state index in [4.69, 9.17) is 10.00 Å². The van der Waals surface area contributed by atoms with Crippen LogP contribution in [0.3, 0.4) is 0 Å². The summed E-state index contributed by atoms with van der Waals surface area (Å²) in [5.41, 5.74) is 0.170. The van der Waals surface area contributed by atoms with E-state index in [2.05, 4.69) is 10.2 Å². The summed E-state index contributed by atoms with van der Waals surface area (Å²) in [7, 11) is 0. The largest absolute Gasteiger partial charge is 0.436 e. The van der Waals surface area contributed by atoms with Crippen LogP contribution in [0.4, 0.5) is 13.2 Å². The Morgan fingerprint density at radius 2 is 1.81 bits per heavy atom. The molecular formula is C14H10F3N3O. The smallest absolute Gasteiger partial charge is 0.419 e. The van der Waals surface area contributed by atoms with Crippen LogP contribution >= 0.6 is 0 Å². The summed E-state index contributed by atoms with van der Waals surface area (Å²) in [5, 5.41) is 16.5. The van der Waals surface area contributed by atoms with Gasteiger partial charge < -0.3 is 4.74 Å². The van der Waals surface area contributed by atoms with E-state index in [9.17, 15) is 13.2 Å². The van der Waals surface area contributed by atoms with Gasteiger partial charge in [0.15, 0.2) is 0 Å². The van der Waals surface area contributed by atoms with Gasteiger partial charge in [-0.1, -0.05) is 12.1 Å². The molecule has 2 aromatic rings. The van der Waals surface area contributed by atoms with E-state index in [1.54, 1.807) is 13.8 Å². The van der Waals surface area contributed by atoms with E-state index < -0.39 is 17.5 Å². The fourth-order valence-corrected chi connectivity index (χ4v) is 1.68. The third-order valence-corrected chi connectivity index (χ3v) is 2.93. The van der Waals surface area contributed by atoms with Gasteiger partial charge in [-0.2, -0.15) is 23.5 Å². The van der Waals surface area contributed by atoms with Crippen molar-refractivity contribution in [2.24, 2.45) is 0 Å². The minimum atomic E-state index is -4.56. The van der Waals surface area contributed by atoms with Gasteiger partial charge >= 0.3 is 6.18 Å². The quantitative estimate of drug-likeness (QED) is 0.845. The van der Waals surface area contributed by atoms with Crippen LogP contribution in [-0.2, 0) is 6.18 Å². The molecule has 0 aliphatic heterocycles. The minimum Gasteiger partial charge on any atom is -0.436 e. The first-order chi connectivity index (χ1) is 9.84. The first-order valence-corrected chi connectivity index (χ1v) is 5.92. The third-order valence-electron chi connectivity index (χ3n) is 2.93. The summed E-state index contributed by atoms with van der Waals surface area (Å²) >= 11 is 0. The van der Waals surface area contributed by atoms with Crippen LogP contribution in [0, 0.1) is 25.2 Å². The number of alkyl halides is 3. The highest BCUT2D eigenvalue weighted by atomic mass is 19.4. The highest BCUT2D eigenvalue weighted by Crippen LogP contribution is 2.38. The normalized spacial score (nSPS) is 11.0. The van der Waals surface area contributed by atoms with Gasteiger partial charge in [0, 0.05) is 0 Å². The number of hydrogen-bond acceptors (Lipinski definition) is 4. The summed E-state index contributed by atoms with van der Waals surface area (Å²) in [4.78, 5) is 0. The van der Waals surface area contributed by atoms with Gasteiger partial charge in [-0.15, -0.1) is 5.10 Å². The molecule has 0 unspecified atom stereocenters. The maximum Gasteiger partial charge on any atom is 0.419 e. The second-order valence-corrected chi connectivity index (χ2v) is 4.30. The molecule has 1 heterocycles. The van der Waals surface area contributed by atoms with Crippen molar-refractivity contribution < 1.29 is 17.9 Å². The Labute approximate surface area is 118 Å². The third kappa shape index (κ3) is 2.94. The van der Waals surface area contributed by atoms with E-state index in [-0.39, 0.29) is 11.4 Å². The Morgan fingerprint density at radius 3 is 2.43 bits per heavy atom. The zero-order valence-corrected chi connectivity index (χ0v) is 11.2. The molecule has 0 radical (unpaired) electrons. The van der Waals surface area contributed by atoms with Crippen molar-refractivity contribution in [1.82, 2.24) is 10.2 Å². The number of para-hydroxylation sites is 1. The molecule has 1 aromatic carbocycles.